The number of hydrogen-bond donors (Lipinski definition) is 16. The largest absolute Gasteiger partial charge is 0.394 e. The first-order chi connectivity index (χ1) is 25.0. The molecule has 4 fully saturated rings. The Kier molecular flexibility index (Phi) is 15.9. The van der Waals surface area contributed by atoms with Crippen LogP contribution in [-0.2, 0) is 33.2 Å². The van der Waals surface area contributed by atoms with Gasteiger partial charge in [0.2, 0.25) is 5.91 Å². The molecule has 24 heteroatoms. The van der Waals surface area contributed by atoms with E-state index in [0.29, 0.717) is 6.42 Å². The molecule has 1 amide bonds. The van der Waals surface area contributed by atoms with Crippen LogP contribution in [-0.4, -0.2) is 201 Å². The van der Waals surface area contributed by atoms with E-state index in [9.17, 15) is 45.6 Å². The van der Waals surface area contributed by atoms with Crippen molar-refractivity contribution in [3.8, 4) is 0 Å². The average Bonchev–Trinajstić information content (AvgIpc) is 3.42. The zero-order chi connectivity index (χ0) is 39.3. The number of aliphatic hydroxyl groups is 8. The molecule has 0 unspecified atom stereocenters. The highest BCUT2D eigenvalue weighted by atomic mass is 16.8. The van der Waals surface area contributed by atoms with Crippen molar-refractivity contribution in [3.63, 3.8) is 0 Å². The van der Waals surface area contributed by atoms with Gasteiger partial charge in [-0.15, -0.1) is 0 Å². The van der Waals surface area contributed by atoms with E-state index in [1.165, 1.54) is 0 Å². The van der Waals surface area contributed by atoms with E-state index < -0.39 is 141 Å². The number of aliphatic hydroxyl groups excluding tert-OH is 8. The first kappa shape index (κ1) is 43.7. The second-order valence-electron chi connectivity index (χ2n) is 13.8. The van der Waals surface area contributed by atoms with Crippen molar-refractivity contribution in [1.29, 1.82) is 0 Å². The van der Waals surface area contributed by atoms with Gasteiger partial charge in [0.25, 0.3) is 0 Å². The minimum Gasteiger partial charge on any atom is -0.394 e. The van der Waals surface area contributed by atoms with Crippen LogP contribution in [0.3, 0.4) is 0 Å². The Morgan fingerprint density at radius 2 is 1.23 bits per heavy atom. The molecule has 0 aromatic carbocycles. The van der Waals surface area contributed by atoms with Crippen LogP contribution in [0.25, 0.3) is 0 Å². The average molecular weight is 772 g/mol. The molecular formula is C29H57N9O15. The zero-order valence-corrected chi connectivity index (χ0v) is 28.9. The van der Waals surface area contributed by atoms with Gasteiger partial charge in [0.05, 0.1) is 37.4 Å². The van der Waals surface area contributed by atoms with Crippen molar-refractivity contribution in [2.75, 3.05) is 26.3 Å². The lowest BCUT2D eigenvalue weighted by Gasteiger charge is -2.47. The Balaban J connectivity index is 1.42. The van der Waals surface area contributed by atoms with Crippen LogP contribution in [0.5, 0.6) is 0 Å². The number of amides is 1. The van der Waals surface area contributed by atoms with Gasteiger partial charge in [-0.1, -0.05) is 0 Å². The third kappa shape index (κ3) is 10.2. The highest BCUT2D eigenvalue weighted by molar-refractivity contribution is 5.81. The first-order valence-electron chi connectivity index (χ1n) is 17.3. The van der Waals surface area contributed by atoms with Gasteiger partial charge in [-0.25, -0.2) is 0 Å². The third-order valence-corrected chi connectivity index (χ3v) is 9.87. The summed E-state index contributed by atoms with van der Waals surface area (Å²) in [5.74, 6) is -0.683. The van der Waals surface area contributed by atoms with Gasteiger partial charge in [-0.3, -0.25) is 9.79 Å². The number of carbonyl (C=O) groups excluding carboxylic acids is 1. The van der Waals surface area contributed by atoms with E-state index in [1.807, 2.05) is 0 Å². The molecule has 3 heterocycles. The standard InChI is InChI=1S/C29H57N9O15/c30-8(2-1-3-37-29(35)36)25(47)38-5-11-17(42)19(44)14(33)26(48-11)52-23-13(7-40)50-28(21(23)46)53-24-16(41)9(31)4-10(32)22(24)51-27-15(34)20(45)18(43)12(6-39)49-27/h8-24,26-28,39-46H,1-7,30-34H2,(H,38,47)(H4,35,36,37)/t8-,9+,10-,11-,12+,13+,14+,15+,16-,17+,18+,19+,20+,21+,22+,23+,24+,26+,27+,28-/m0/s1. The molecule has 0 bridgehead atoms. The van der Waals surface area contributed by atoms with Gasteiger partial charge in [0.15, 0.2) is 24.8 Å². The Morgan fingerprint density at radius 1 is 0.698 bits per heavy atom. The maximum atomic E-state index is 12.6. The van der Waals surface area contributed by atoms with E-state index >= 15 is 0 Å². The highest BCUT2D eigenvalue weighted by Crippen LogP contribution is 2.34. The molecule has 3 saturated heterocycles. The molecule has 1 aliphatic carbocycles. The maximum Gasteiger partial charge on any atom is 0.237 e. The Labute approximate surface area is 304 Å². The lowest BCUT2D eigenvalue weighted by atomic mass is 9.84. The fraction of sp³-hybridized carbons (Fsp3) is 0.931. The van der Waals surface area contributed by atoms with Crippen molar-refractivity contribution < 1.29 is 74.1 Å². The summed E-state index contributed by atoms with van der Waals surface area (Å²) in [6.45, 7) is -1.47. The predicted octanol–water partition coefficient (Wildman–Crippen LogP) is -10.3. The van der Waals surface area contributed by atoms with Crippen LogP contribution in [0, 0.1) is 0 Å². The molecule has 0 aromatic heterocycles. The molecule has 53 heavy (non-hydrogen) atoms. The quantitative estimate of drug-likeness (QED) is 0.0417. The molecule has 4 aliphatic rings. The number of aliphatic imine (C=N–C) groups is 1. The molecule has 0 aromatic rings. The summed E-state index contributed by atoms with van der Waals surface area (Å²) in [6.07, 6.45) is -21.3. The van der Waals surface area contributed by atoms with Crippen LogP contribution >= 0.6 is 0 Å². The normalized spacial score (nSPS) is 45.4. The van der Waals surface area contributed by atoms with Crippen molar-refractivity contribution in [2.24, 2.45) is 45.1 Å². The van der Waals surface area contributed by atoms with E-state index in [2.05, 4.69) is 10.3 Å². The van der Waals surface area contributed by atoms with Crippen molar-refractivity contribution in [2.45, 2.75) is 142 Å². The van der Waals surface area contributed by atoms with Crippen LogP contribution in [0.2, 0.25) is 0 Å². The molecular weight excluding hydrogens is 714 g/mol. The lowest BCUT2D eigenvalue weighted by molar-refractivity contribution is -0.310. The Hall–Kier alpha value is -2.02. The summed E-state index contributed by atoms with van der Waals surface area (Å²) >= 11 is 0. The Bertz CT molecular complexity index is 1200. The number of ether oxygens (including phenoxy) is 6. The summed E-state index contributed by atoms with van der Waals surface area (Å²) in [7, 11) is 0. The van der Waals surface area contributed by atoms with Gasteiger partial charge in [0.1, 0.15) is 67.1 Å². The van der Waals surface area contributed by atoms with Crippen molar-refractivity contribution in [1.82, 2.24) is 5.32 Å². The topological polar surface area (TPSA) is 441 Å². The van der Waals surface area contributed by atoms with Crippen LogP contribution < -0.4 is 45.5 Å². The van der Waals surface area contributed by atoms with E-state index in [1.54, 1.807) is 0 Å². The molecule has 0 radical (unpaired) electrons. The van der Waals surface area contributed by atoms with Gasteiger partial charge in [-0.05, 0) is 19.3 Å². The van der Waals surface area contributed by atoms with E-state index in [4.69, 9.17) is 68.6 Å². The van der Waals surface area contributed by atoms with Gasteiger partial charge in [-0.2, -0.15) is 0 Å². The first-order valence-corrected chi connectivity index (χ1v) is 17.3. The van der Waals surface area contributed by atoms with E-state index in [-0.39, 0.29) is 31.9 Å². The summed E-state index contributed by atoms with van der Waals surface area (Å²) in [5, 5.41) is 86.6. The minimum atomic E-state index is -1.71. The Morgan fingerprint density at radius 3 is 1.81 bits per heavy atom. The molecule has 4 rings (SSSR count). The molecule has 1 saturated carbocycles. The van der Waals surface area contributed by atoms with E-state index in [0.717, 1.165) is 0 Å². The minimum absolute atomic E-state index is 0.0272. The second kappa shape index (κ2) is 19.2. The SMILES string of the molecule is NC(N)=NCCC[C@H](N)C(=O)NC[C@@H]1O[C@H](O[C@H]2[C@@H](O)[C@H](O[C@@H]3[C@@H](O)[C@H](N)C[C@H](N)[C@H]3O[C@H]3O[C@H](CO)[C@@H](O)[C@H](O)[C@H]3N)O[C@@H]2CO)[C@H](N)[C@@H](O)[C@@H]1O. The van der Waals surface area contributed by atoms with Gasteiger partial charge >= 0.3 is 0 Å². The van der Waals surface area contributed by atoms with Crippen LogP contribution in [0.1, 0.15) is 19.3 Å². The molecule has 0 spiro atoms. The van der Waals surface area contributed by atoms with Crippen LogP contribution in [0.4, 0.5) is 0 Å². The number of nitrogens with two attached hydrogens (primary N) is 7. The van der Waals surface area contributed by atoms with Crippen molar-refractivity contribution >= 4 is 11.9 Å². The second-order valence-corrected chi connectivity index (χ2v) is 13.8. The summed E-state index contributed by atoms with van der Waals surface area (Å²) < 4.78 is 34.9. The molecule has 23 N–H and O–H groups in total. The number of guanidine groups is 1. The smallest absolute Gasteiger partial charge is 0.237 e. The molecule has 3 aliphatic heterocycles. The number of rotatable bonds is 15. The summed E-state index contributed by atoms with van der Waals surface area (Å²) in [4.78, 5) is 16.4. The fourth-order valence-corrected chi connectivity index (χ4v) is 6.66. The summed E-state index contributed by atoms with van der Waals surface area (Å²) in [6, 6.07) is -5.51. The monoisotopic (exact) mass is 771 g/mol. The number of hydrogen-bond acceptors (Lipinski definition) is 21. The highest BCUT2D eigenvalue weighted by Gasteiger charge is 2.54. The zero-order valence-electron chi connectivity index (χ0n) is 28.9. The fourth-order valence-electron chi connectivity index (χ4n) is 6.66. The maximum absolute atomic E-state index is 12.6. The van der Waals surface area contributed by atoms with Crippen molar-refractivity contribution in [3.05, 3.63) is 0 Å². The number of carbonyl (C=O) groups is 1. The number of nitrogens with zero attached hydrogens (tertiary/aromatic N) is 1. The summed E-state index contributed by atoms with van der Waals surface area (Å²) in [5.41, 5.74) is 41.1. The van der Waals surface area contributed by atoms with Crippen LogP contribution in [0.15, 0.2) is 4.99 Å². The molecule has 24 nitrogen and oxygen atoms in total. The lowest BCUT2D eigenvalue weighted by Crippen LogP contribution is -2.68. The predicted molar refractivity (Wildman–Crippen MR) is 178 cm³/mol. The molecule has 308 valence electrons. The number of nitrogens with one attached hydrogen (secondary N) is 1. The van der Waals surface area contributed by atoms with Gasteiger partial charge < -0.3 is 115 Å². The van der Waals surface area contributed by atoms with Gasteiger partial charge in [0, 0.05) is 25.2 Å². The third-order valence-electron chi connectivity index (χ3n) is 9.87. The molecule has 20 atom stereocenters.